The molecule has 1 aromatic heterocycles. The van der Waals surface area contributed by atoms with Gasteiger partial charge in [-0.25, -0.2) is 22.2 Å². The Balaban J connectivity index is 0.00000115. The zero-order valence-electron chi connectivity index (χ0n) is 19.2. The van der Waals surface area contributed by atoms with Gasteiger partial charge in [-0.05, 0) is 56.6 Å². The molecule has 0 unspecified atom stereocenters. The van der Waals surface area contributed by atoms with Crippen molar-refractivity contribution in [3.05, 3.63) is 69.0 Å². The Bertz CT molecular complexity index is 1290. The molecule has 0 amide bonds. The van der Waals surface area contributed by atoms with E-state index in [2.05, 4.69) is 19.9 Å². The fourth-order valence-corrected chi connectivity index (χ4v) is 5.51. The molecule has 1 fully saturated rings. The largest absolute Gasteiger partial charge is 0.483 e. The van der Waals surface area contributed by atoms with E-state index < -0.39 is 26.8 Å². The highest BCUT2D eigenvalue weighted by atomic mass is 35.5. The molecule has 0 bridgehead atoms. The Kier molecular flexibility index (Phi) is 9.60. The van der Waals surface area contributed by atoms with E-state index in [0.29, 0.717) is 5.56 Å². The van der Waals surface area contributed by atoms with Crippen LogP contribution in [0.15, 0.2) is 46.1 Å². The number of hydrogen-bond donors (Lipinski definition) is 3. The predicted molar refractivity (Wildman–Crippen MR) is 136 cm³/mol. The maximum Gasteiger partial charge on any atom is 0.290 e. The van der Waals surface area contributed by atoms with Crippen LogP contribution in [0.4, 0.5) is 20.3 Å². The van der Waals surface area contributed by atoms with Gasteiger partial charge in [0, 0.05) is 17.5 Å². The van der Waals surface area contributed by atoms with Gasteiger partial charge < -0.3 is 15.3 Å². The summed E-state index contributed by atoms with van der Waals surface area (Å²) in [5, 5.41) is 11.4. The van der Waals surface area contributed by atoms with E-state index in [1.165, 1.54) is 34.7 Å². The predicted octanol–water partition coefficient (Wildman–Crippen LogP) is 5.00. The highest BCUT2D eigenvalue weighted by Crippen LogP contribution is 2.32. The molecule has 3 aromatic rings. The highest BCUT2D eigenvalue weighted by Gasteiger charge is 2.23. The molecule has 8 nitrogen and oxygen atoms in total. The first-order valence-corrected chi connectivity index (χ1v) is 13.7. The van der Waals surface area contributed by atoms with Gasteiger partial charge >= 0.3 is 0 Å². The van der Waals surface area contributed by atoms with Crippen LogP contribution in [0.2, 0.25) is 5.02 Å². The molecule has 0 radical (unpaired) electrons. The Morgan fingerprint density at radius 2 is 1.97 bits per heavy atom. The summed E-state index contributed by atoms with van der Waals surface area (Å²) in [5.74, 6) is -1.28. The second kappa shape index (κ2) is 12.4. The summed E-state index contributed by atoms with van der Waals surface area (Å²) in [4.78, 5) is 13.9. The number of sulfonamides is 1. The van der Waals surface area contributed by atoms with Crippen LogP contribution >= 0.6 is 22.9 Å². The number of nitrogens with one attached hydrogen (secondary N) is 2. The lowest BCUT2D eigenvalue weighted by molar-refractivity contribution is -0.122. The van der Waals surface area contributed by atoms with E-state index in [9.17, 15) is 17.2 Å². The van der Waals surface area contributed by atoms with Crippen LogP contribution in [0.5, 0.6) is 0 Å². The molecule has 0 aliphatic carbocycles. The highest BCUT2D eigenvalue weighted by molar-refractivity contribution is 7.92. The molecule has 1 aliphatic heterocycles. The van der Waals surface area contributed by atoms with Crippen LogP contribution in [-0.4, -0.2) is 49.5 Å². The second-order valence-electron chi connectivity index (χ2n) is 8.01. The molecule has 194 valence electrons. The summed E-state index contributed by atoms with van der Waals surface area (Å²) >= 11 is 7.46. The van der Waals surface area contributed by atoms with E-state index in [1.807, 2.05) is 0 Å². The number of nitrogens with zero attached hydrogens (tertiary/aromatic N) is 2. The molecule has 1 aliphatic rings. The average Bonchev–Trinajstić information content (AvgIpc) is 3.28. The Morgan fingerprint density at radius 3 is 2.58 bits per heavy atom. The smallest absolute Gasteiger partial charge is 0.290 e. The number of benzene rings is 2. The number of likely N-dealkylation sites (tertiary alicyclic amines) is 1. The Morgan fingerprint density at radius 1 is 1.25 bits per heavy atom. The number of carboxylic acid groups (broad SMARTS) is 1. The van der Waals surface area contributed by atoms with Crippen molar-refractivity contribution >= 4 is 50.9 Å². The molecule has 1 atom stereocenters. The summed E-state index contributed by atoms with van der Waals surface area (Å²) in [6, 6.07) is 6.50. The maximum atomic E-state index is 14.8. The van der Waals surface area contributed by atoms with Crippen molar-refractivity contribution in [3.8, 4) is 0 Å². The van der Waals surface area contributed by atoms with Crippen molar-refractivity contribution in [2.24, 2.45) is 0 Å². The topological polar surface area (TPSA) is 112 Å². The van der Waals surface area contributed by atoms with E-state index in [0.717, 1.165) is 43.8 Å². The van der Waals surface area contributed by atoms with Gasteiger partial charge in [-0.2, -0.15) is 0 Å². The molecule has 2 aromatic carbocycles. The molecule has 4 rings (SSSR count). The van der Waals surface area contributed by atoms with E-state index >= 15 is 0 Å². The van der Waals surface area contributed by atoms with Gasteiger partial charge in [-0.3, -0.25) is 9.52 Å². The van der Waals surface area contributed by atoms with Crippen LogP contribution in [0.3, 0.4) is 0 Å². The third-order valence-corrected chi connectivity index (χ3v) is 7.82. The minimum absolute atomic E-state index is 0.00347. The van der Waals surface area contributed by atoms with Crippen molar-refractivity contribution in [1.82, 2.24) is 9.88 Å². The molecular weight excluding hydrogens is 534 g/mol. The van der Waals surface area contributed by atoms with Gasteiger partial charge in [0.15, 0.2) is 5.82 Å². The van der Waals surface area contributed by atoms with Crippen molar-refractivity contribution in [2.45, 2.75) is 30.7 Å². The van der Waals surface area contributed by atoms with Crippen molar-refractivity contribution < 1.29 is 27.1 Å². The first-order valence-electron chi connectivity index (χ1n) is 10.9. The normalized spacial score (nSPS) is 14.2. The number of aromatic nitrogens is 1. The third-order valence-electron chi connectivity index (χ3n) is 5.55. The molecule has 0 spiro atoms. The number of carbonyl (C=O) groups is 1. The Hall–Kier alpha value is -2.80. The quantitative estimate of drug-likeness (QED) is 0.317. The number of halogens is 3. The van der Waals surface area contributed by atoms with Gasteiger partial charge in [0.2, 0.25) is 0 Å². The fourth-order valence-electron chi connectivity index (χ4n) is 3.58. The molecule has 3 N–H and O–H groups in total. The molecule has 36 heavy (non-hydrogen) atoms. The van der Waals surface area contributed by atoms with Gasteiger partial charge in [-0.15, -0.1) is 11.3 Å². The molecule has 1 saturated heterocycles. The van der Waals surface area contributed by atoms with E-state index in [4.69, 9.17) is 21.5 Å². The number of thiazole rings is 1. The first-order chi connectivity index (χ1) is 17.1. The van der Waals surface area contributed by atoms with Gasteiger partial charge in [0.05, 0.1) is 22.3 Å². The lowest BCUT2D eigenvalue weighted by atomic mass is 10.0. The summed E-state index contributed by atoms with van der Waals surface area (Å²) in [6.07, 6.45) is 2.03. The van der Waals surface area contributed by atoms with E-state index in [1.54, 1.807) is 19.1 Å². The standard InChI is InChI=1S/C22H23ClF2N4O2S2.CH2O2/c1-14(16-9-15(3-4-18(16)24)5-8-29-6-2-7-29)27-20-11-19(25)21(10-17(20)23)33(30,31)28-22-12-32-13-26-22;2-1-3/h3-4,9-14,27-28H,2,5-8H2,1H3;1H,(H,2,3)/t14-;/m0./s1. The van der Waals surface area contributed by atoms with Gasteiger partial charge in [-0.1, -0.05) is 23.7 Å². The van der Waals surface area contributed by atoms with Crippen LogP contribution in [0.25, 0.3) is 0 Å². The van der Waals surface area contributed by atoms with Gasteiger partial charge in [0.25, 0.3) is 16.5 Å². The third kappa shape index (κ3) is 7.12. The summed E-state index contributed by atoms with van der Waals surface area (Å²) in [6.45, 7) is 4.61. The molecule has 2 heterocycles. The monoisotopic (exact) mass is 558 g/mol. The fraction of sp³-hybridized carbons (Fsp3) is 0.304. The average molecular weight is 559 g/mol. The van der Waals surface area contributed by atoms with E-state index in [-0.39, 0.29) is 28.8 Å². The molecule has 13 heteroatoms. The number of anilines is 2. The lowest BCUT2D eigenvalue weighted by Crippen LogP contribution is -2.38. The van der Waals surface area contributed by atoms with Crippen LogP contribution in [0.1, 0.15) is 30.5 Å². The van der Waals surface area contributed by atoms with Crippen LogP contribution in [-0.2, 0) is 21.2 Å². The minimum atomic E-state index is -4.21. The van der Waals surface area contributed by atoms with Crippen LogP contribution in [0, 0.1) is 11.6 Å². The second-order valence-corrected chi connectivity index (χ2v) is 10.8. The molecular formula is C23H25ClF2N4O4S2. The Labute approximate surface area is 217 Å². The zero-order chi connectivity index (χ0) is 26.3. The molecule has 0 saturated carbocycles. The van der Waals surface area contributed by atoms with Gasteiger partial charge in [0.1, 0.15) is 16.5 Å². The minimum Gasteiger partial charge on any atom is -0.483 e. The maximum absolute atomic E-state index is 14.8. The zero-order valence-corrected chi connectivity index (χ0v) is 21.6. The van der Waals surface area contributed by atoms with Crippen molar-refractivity contribution in [1.29, 1.82) is 0 Å². The number of rotatable bonds is 9. The van der Waals surface area contributed by atoms with Crippen molar-refractivity contribution in [3.63, 3.8) is 0 Å². The van der Waals surface area contributed by atoms with Crippen molar-refractivity contribution in [2.75, 3.05) is 29.7 Å². The van der Waals surface area contributed by atoms with Crippen LogP contribution < -0.4 is 10.0 Å². The summed E-state index contributed by atoms with van der Waals surface area (Å²) < 4.78 is 56.5. The SMILES string of the molecule is C[C@H](Nc1cc(F)c(S(=O)(=O)Nc2cscn2)cc1Cl)c1cc(CCN2CCC2)ccc1F.O=CO. The first kappa shape index (κ1) is 27.8. The summed E-state index contributed by atoms with van der Waals surface area (Å²) in [5.41, 5.74) is 3.06. The number of hydrogen-bond acceptors (Lipinski definition) is 7. The lowest BCUT2D eigenvalue weighted by Gasteiger charge is -2.30. The summed E-state index contributed by atoms with van der Waals surface area (Å²) in [7, 11) is -4.21.